The van der Waals surface area contributed by atoms with E-state index in [9.17, 15) is 0 Å². The summed E-state index contributed by atoms with van der Waals surface area (Å²) in [7, 11) is 0. The van der Waals surface area contributed by atoms with Gasteiger partial charge in [0.2, 0.25) is 0 Å². The summed E-state index contributed by atoms with van der Waals surface area (Å²) < 4.78 is 3.72. The summed E-state index contributed by atoms with van der Waals surface area (Å²) in [5.74, 6) is 2.69. The number of hydrogen-bond acceptors (Lipinski definition) is 8. The number of aromatic nitrogens is 7. The van der Waals surface area contributed by atoms with Gasteiger partial charge in [-0.15, -0.1) is 5.10 Å². The van der Waals surface area contributed by atoms with Gasteiger partial charge in [0.1, 0.15) is 11.8 Å². The summed E-state index contributed by atoms with van der Waals surface area (Å²) in [5, 5.41) is 12.9. The first-order valence-corrected chi connectivity index (χ1v) is 11.1. The zero-order valence-electron chi connectivity index (χ0n) is 16.9. The molecule has 30 heavy (non-hydrogen) atoms. The van der Waals surface area contributed by atoms with Crippen molar-refractivity contribution in [3.63, 3.8) is 0 Å². The monoisotopic (exact) mass is 421 g/mol. The van der Waals surface area contributed by atoms with Crippen LogP contribution in [0.3, 0.4) is 0 Å². The Morgan fingerprint density at radius 1 is 1.07 bits per heavy atom. The van der Waals surface area contributed by atoms with E-state index in [0.29, 0.717) is 5.82 Å². The molecule has 4 aromatic heterocycles. The van der Waals surface area contributed by atoms with Crippen LogP contribution in [0.15, 0.2) is 37.1 Å². The van der Waals surface area contributed by atoms with Crippen LogP contribution in [0.2, 0.25) is 0 Å². The average Bonchev–Trinajstić information content (AvgIpc) is 3.40. The Morgan fingerprint density at radius 2 is 1.90 bits per heavy atom. The van der Waals surface area contributed by atoms with Gasteiger partial charge in [-0.05, 0) is 26.0 Å². The van der Waals surface area contributed by atoms with Crippen LogP contribution in [-0.2, 0) is 0 Å². The molecule has 0 atom stereocenters. The van der Waals surface area contributed by atoms with Crippen molar-refractivity contribution < 1.29 is 0 Å². The van der Waals surface area contributed by atoms with E-state index in [2.05, 4.69) is 56.3 Å². The fourth-order valence-corrected chi connectivity index (χ4v) is 4.75. The molecule has 154 valence electrons. The Kier molecular flexibility index (Phi) is 4.78. The van der Waals surface area contributed by atoms with Crippen molar-refractivity contribution >= 4 is 28.8 Å². The number of fused-ring (bicyclic) bond motifs is 1. The van der Waals surface area contributed by atoms with Crippen molar-refractivity contribution in [2.75, 3.05) is 35.2 Å². The van der Waals surface area contributed by atoms with Crippen LogP contribution in [-0.4, -0.2) is 59.2 Å². The Labute approximate surface area is 178 Å². The molecule has 0 unspecified atom stereocenters. The Balaban J connectivity index is 1.68. The van der Waals surface area contributed by atoms with Crippen molar-refractivity contribution in [1.29, 1.82) is 0 Å². The highest BCUT2D eigenvalue weighted by atomic mass is 32.2. The Morgan fingerprint density at radius 3 is 2.70 bits per heavy atom. The molecule has 10 heteroatoms. The van der Waals surface area contributed by atoms with Gasteiger partial charge in [0.25, 0.3) is 0 Å². The first-order chi connectivity index (χ1) is 14.6. The molecule has 2 N–H and O–H groups in total. The fourth-order valence-electron chi connectivity index (χ4n) is 3.85. The van der Waals surface area contributed by atoms with Crippen molar-refractivity contribution in [2.24, 2.45) is 0 Å². The fraction of sp³-hybridized carbons (Fsp3) is 0.350. The molecule has 1 fully saturated rings. The second-order valence-corrected chi connectivity index (χ2v) is 8.76. The topological polar surface area (TPSA) is 103 Å². The first kappa shape index (κ1) is 18.9. The Bertz CT molecular complexity index is 1190. The quantitative estimate of drug-likeness (QED) is 0.537. The molecular weight excluding hydrogens is 398 g/mol. The van der Waals surface area contributed by atoms with E-state index in [1.807, 2.05) is 33.4 Å². The SMILES string of the molecule is CC(C)n1nncc1-c1cc(-c2cncc(N3CCSCC3)c2)n2ncnc(N)c12. The summed E-state index contributed by atoms with van der Waals surface area (Å²) in [6, 6.07) is 4.41. The smallest absolute Gasteiger partial charge is 0.152 e. The third-order valence-electron chi connectivity index (χ3n) is 5.32. The van der Waals surface area contributed by atoms with Crippen LogP contribution in [0.1, 0.15) is 19.9 Å². The van der Waals surface area contributed by atoms with Gasteiger partial charge in [-0.3, -0.25) is 4.98 Å². The van der Waals surface area contributed by atoms with Crippen molar-refractivity contribution in [1.82, 2.24) is 34.6 Å². The maximum absolute atomic E-state index is 6.28. The van der Waals surface area contributed by atoms with E-state index in [1.54, 1.807) is 6.20 Å². The summed E-state index contributed by atoms with van der Waals surface area (Å²) in [4.78, 5) is 11.1. The molecule has 0 saturated carbocycles. The molecule has 0 bridgehead atoms. The largest absolute Gasteiger partial charge is 0.382 e. The number of nitrogen functional groups attached to an aromatic ring is 1. The van der Waals surface area contributed by atoms with E-state index < -0.39 is 0 Å². The third kappa shape index (κ3) is 3.17. The third-order valence-corrected chi connectivity index (χ3v) is 6.26. The number of rotatable bonds is 4. The van der Waals surface area contributed by atoms with Gasteiger partial charge in [0.05, 0.1) is 29.5 Å². The van der Waals surface area contributed by atoms with Crippen LogP contribution >= 0.6 is 11.8 Å². The second-order valence-electron chi connectivity index (χ2n) is 7.54. The number of hydrogen-bond donors (Lipinski definition) is 1. The highest BCUT2D eigenvalue weighted by molar-refractivity contribution is 7.99. The minimum absolute atomic E-state index is 0.161. The predicted molar refractivity (Wildman–Crippen MR) is 120 cm³/mol. The average molecular weight is 422 g/mol. The van der Waals surface area contributed by atoms with Crippen LogP contribution in [0.25, 0.3) is 28.0 Å². The molecule has 1 saturated heterocycles. The Hall–Kier alpha value is -3.14. The predicted octanol–water partition coefficient (Wildman–Crippen LogP) is 2.77. The maximum Gasteiger partial charge on any atom is 0.152 e. The second kappa shape index (κ2) is 7.60. The molecule has 0 radical (unpaired) electrons. The number of nitrogens with two attached hydrogens (primary N) is 1. The summed E-state index contributed by atoms with van der Waals surface area (Å²) in [6.07, 6.45) is 7.03. The van der Waals surface area contributed by atoms with Crippen molar-refractivity contribution in [3.8, 4) is 22.5 Å². The van der Waals surface area contributed by atoms with Gasteiger partial charge in [-0.2, -0.15) is 16.9 Å². The number of anilines is 2. The van der Waals surface area contributed by atoms with Gasteiger partial charge in [0, 0.05) is 48.0 Å². The molecule has 5 heterocycles. The molecule has 9 nitrogen and oxygen atoms in total. The molecule has 1 aliphatic heterocycles. The minimum Gasteiger partial charge on any atom is -0.382 e. The lowest BCUT2D eigenvalue weighted by molar-refractivity contribution is 0.519. The lowest BCUT2D eigenvalue weighted by atomic mass is 10.1. The van der Waals surface area contributed by atoms with Crippen LogP contribution in [0.4, 0.5) is 11.5 Å². The van der Waals surface area contributed by atoms with Crippen LogP contribution in [0.5, 0.6) is 0 Å². The molecular formula is C20H23N9S. The van der Waals surface area contributed by atoms with E-state index in [4.69, 9.17) is 5.73 Å². The van der Waals surface area contributed by atoms with Crippen molar-refractivity contribution in [3.05, 3.63) is 37.1 Å². The highest BCUT2D eigenvalue weighted by Gasteiger charge is 2.21. The molecule has 0 aromatic carbocycles. The standard InChI is InChI=1S/C20H23N9S/c1-13(2)28-18(11-24-26-28)16-8-17(29-19(16)20(21)23-12-25-29)14-7-15(10-22-9-14)27-3-5-30-6-4-27/h7-13H,3-6H2,1-2H3,(H2,21,23,25). The van der Waals surface area contributed by atoms with Crippen LogP contribution < -0.4 is 10.6 Å². The van der Waals surface area contributed by atoms with Crippen LogP contribution in [0, 0.1) is 0 Å². The number of thioether (sulfide) groups is 1. The van der Waals surface area contributed by atoms with Crippen molar-refractivity contribution in [2.45, 2.75) is 19.9 Å². The van der Waals surface area contributed by atoms with Gasteiger partial charge in [-0.1, -0.05) is 5.21 Å². The maximum atomic E-state index is 6.28. The van der Waals surface area contributed by atoms with E-state index in [0.717, 1.165) is 58.3 Å². The lowest BCUT2D eigenvalue weighted by Gasteiger charge is -2.28. The molecule has 0 aliphatic carbocycles. The molecule has 0 spiro atoms. The zero-order valence-corrected chi connectivity index (χ0v) is 17.7. The highest BCUT2D eigenvalue weighted by Crippen LogP contribution is 2.35. The molecule has 4 aromatic rings. The van der Waals surface area contributed by atoms with Gasteiger partial charge in [-0.25, -0.2) is 14.2 Å². The molecule has 5 rings (SSSR count). The first-order valence-electron chi connectivity index (χ1n) is 9.94. The summed E-state index contributed by atoms with van der Waals surface area (Å²) in [5.41, 5.74) is 11.8. The number of pyridine rings is 1. The van der Waals surface area contributed by atoms with E-state index >= 15 is 0 Å². The molecule has 1 aliphatic rings. The minimum atomic E-state index is 0.161. The number of nitrogens with zero attached hydrogens (tertiary/aromatic N) is 8. The lowest BCUT2D eigenvalue weighted by Crippen LogP contribution is -2.32. The van der Waals surface area contributed by atoms with E-state index in [-0.39, 0.29) is 6.04 Å². The normalized spacial score (nSPS) is 14.7. The summed E-state index contributed by atoms with van der Waals surface area (Å²) >= 11 is 1.99. The van der Waals surface area contributed by atoms with Gasteiger partial charge < -0.3 is 10.6 Å². The van der Waals surface area contributed by atoms with Gasteiger partial charge >= 0.3 is 0 Å². The molecule has 0 amide bonds. The van der Waals surface area contributed by atoms with E-state index in [1.165, 1.54) is 6.33 Å². The summed E-state index contributed by atoms with van der Waals surface area (Å²) in [6.45, 7) is 6.21. The van der Waals surface area contributed by atoms with Gasteiger partial charge in [0.15, 0.2) is 5.82 Å². The zero-order chi connectivity index (χ0) is 20.7.